The van der Waals surface area contributed by atoms with E-state index in [9.17, 15) is 4.79 Å². The highest BCUT2D eigenvalue weighted by atomic mass is 79.9. The van der Waals surface area contributed by atoms with E-state index in [4.69, 9.17) is 26.1 Å². The van der Waals surface area contributed by atoms with Gasteiger partial charge in [-0.05, 0) is 64.5 Å². The largest absolute Gasteiger partial charge is 0.496 e. The highest BCUT2D eigenvalue weighted by Crippen LogP contribution is 2.29. The van der Waals surface area contributed by atoms with Gasteiger partial charge >= 0.3 is 0 Å². The van der Waals surface area contributed by atoms with Gasteiger partial charge in [0, 0.05) is 22.6 Å². The van der Waals surface area contributed by atoms with Crippen LogP contribution in [0.5, 0.6) is 11.5 Å². The van der Waals surface area contributed by atoms with Gasteiger partial charge in [0.05, 0.1) is 19.8 Å². The van der Waals surface area contributed by atoms with Crippen molar-refractivity contribution in [3.8, 4) is 23.0 Å². The number of rotatable bonds is 5. The highest BCUT2D eigenvalue weighted by molar-refractivity contribution is 9.10. The highest BCUT2D eigenvalue weighted by Gasteiger charge is 2.19. The third kappa shape index (κ3) is 4.56. The summed E-state index contributed by atoms with van der Waals surface area (Å²) in [7, 11) is 2.96. The quantitative estimate of drug-likeness (QED) is 0.368. The molecule has 0 aliphatic heterocycles. The summed E-state index contributed by atoms with van der Waals surface area (Å²) < 4.78 is 17.2. The number of aromatic nitrogens is 2. The molecule has 2 aromatic heterocycles. The van der Waals surface area contributed by atoms with Crippen molar-refractivity contribution in [1.82, 2.24) is 15.3 Å². The number of hydrogen-bond donors (Lipinski definition) is 2. The molecule has 0 unspecified atom stereocenters. The number of oxazole rings is 1. The molecule has 0 bridgehead atoms. The van der Waals surface area contributed by atoms with Crippen LogP contribution in [-0.4, -0.2) is 35.2 Å². The van der Waals surface area contributed by atoms with Crippen LogP contribution in [0.25, 0.3) is 22.6 Å². The standard InChI is InChI=1S/C22H17BrN4O4S/c1-29-17-4-3-5-18(30-2)19(17)20(28)27-22(32)25-14-6-7-16-15(9-14)26-21(31-16)12-8-13(23)11-24-10-12/h3-11H,1-2H3,(H2,25,27,28,32). The number of hydrogen-bond acceptors (Lipinski definition) is 7. The fraction of sp³-hybridized carbons (Fsp3) is 0.0909. The van der Waals surface area contributed by atoms with E-state index in [0.29, 0.717) is 34.2 Å². The fourth-order valence-electron chi connectivity index (χ4n) is 3.06. The van der Waals surface area contributed by atoms with Gasteiger partial charge in [-0.2, -0.15) is 0 Å². The zero-order valence-electron chi connectivity index (χ0n) is 17.0. The predicted octanol–water partition coefficient (Wildman–Crippen LogP) is 4.80. The molecule has 0 aliphatic rings. The van der Waals surface area contributed by atoms with Gasteiger partial charge in [-0.3, -0.25) is 15.1 Å². The summed E-state index contributed by atoms with van der Waals surface area (Å²) in [5.41, 5.74) is 2.88. The number of benzene rings is 2. The monoisotopic (exact) mass is 512 g/mol. The zero-order chi connectivity index (χ0) is 22.7. The number of carbonyl (C=O) groups is 1. The van der Waals surface area contributed by atoms with Gasteiger partial charge in [-0.15, -0.1) is 0 Å². The van der Waals surface area contributed by atoms with Crippen LogP contribution in [0, 0.1) is 0 Å². The van der Waals surface area contributed by atoms with Crippen molar-refractivity contribution in [3.63, 3.8) is 0 Å². The number of amides is 1. The van der Waals surface area contributed by atoms with Crippen molar-refractivity contribution >= 4 is 56.0 Å². The summed E-state index contributed by atoms with van der Waals surface area (Å²) >= 11 is 8.70. The van der Waals surface area contributed by atoms with Crippen molar-refractivity contribution in [3.05, 3.63) is 64.9 Å². The number of carbonyl (C=O) groups excluding carboxylic acids is 1. The van der Waals surface area contributed by atoms with Crippen LogP contribution in [0.15, 0.2) is 63.7 Å². The second kappa shape index (κ2) is 9.33. The number of pyridine rings is 1. The average Bonchev–Trinajstić information content (AvgIpc) is 3.21. The SMILES string of the molecule is COc1cccc(OC)c1C(=O)NC(=S)Nc1ccc2oc(-c3cncc(Br)c3)nc2c1. The van der Waals surface area contributed by atoms with E-state index >= 15 is 0 Å². The molecule has 0 radical (unpaired) electrons. The van der Waals surface area contributed by atoms with E-state index in [1.807, 2.05) is 6.07 Å². The Labute approximate surface area is 197 Å². The molecule has 1 amide bonds. The van der Waals surface area contributed by atoms with Crippen LogP contribution in [0.1, 0.15) is 10.4 Å². The molecule has 2 heterocycles. The van der Waals surface area contributed by atoms with Crippen LogP contribution >= 0.6 is 28.1 Å². The van der Waals surface area contributed by atoms with Crippen molar-refractivity contribution in [2.24, 2.45) is 0 Å². The van der Waals surface area contributed by atoms with E-state index < -0.39 is 5.91 Å². The normalized spacial score (nSPS) is 10.6. The number of methoxy groups -OCH3 is 2. The summed E-state index contributed by atoms with van der Waals surface area (Å²) in [5.74, 6) is 0.750. The molecule has 162 valence electrons. The number of thiocarbonyl (C=S) groups is 1. The lowest BCUT2D eigenvalue weighted by Gasteiger charge is -2.14. The summed E-state index contributed by atoms with van der Waals surface area (Å²) in [6.45, 7) is 0. The van der Waals surface area contributed by atoms with Crippen LogP contribution < -0.4 is 20.1 Å². The molecule has 4 rings (SSSR count). The number of nitrogens with zero attached hydrogens (tertiary/aromatic N) is 2. The van der Waals surface area contributed by atoms with Crippen molar-refractivity contribution < 1.29 is 18.7 Å². The average molecular weight is 513 g/mol. The van der Waals surface area contributed by atoms with Crippen LogP contribution in [0.4, 0.5) is 5.69 Å². The van der Waals surface area contributed by atoms with Gasteiger partial charge in [0.25, 0.3) is 5.91 Å². The number of anilines is 1. The Bertz CT molecular complexity index is 1300. The Kier molecular flexibility index (Phi) is 6.33. The lowest BCUT2D eigenvalue weighted by Crippen LogP contribution is -2.34. The molecule has 0 saturated heterocycles. The number of ether oxygens (including phenoxy) is 2. The minimum absolute atomic E-state index is 0.113. The van der Waals surface area contributed by atoms with Gasteiger partial charge < -0.3 is 19.2 Å². The van der Waals surface area contributed by atoms with E-state index in [2.05, 4.69) is 36.5 Å². The molecule has 0 spiro atoms. The second-order valence-electron chi connectivity index (χ2n) is 6.54. The van der Waals surface area contributed by atoms with E-state index in [-0.39, 0.29) is 10.7 Å². The Hall–Kier alpha value is -3.50. The Morgan fingerprint density at radius 1 is 1.09 bits per heavy atom. The molecular formula is C22H17BrN4O4S. The maximum Gasteiger partial charge on any atom is 0.264 e. The minimum Gasteiger partial charge on any atom is -0.496 e. The first-order valence-corrected chi connectivity index (χ1v) is 10.5. The third-order valence-electron chi connectivity index (χ3n) is 4.48. The van der Waals surface area contributed by atoms with Gasteiger partial charge in [0.2, 0.25) is 5.89 Å². The molecule has 0 saturated carbocycles. The van der Waals surface area contributed by atoms with E-state index in [1.54, 1.807) is 48.8 Å². The molecule has 4 aromatic rings. The Balaban J connectivity index is 1.51. The first kappa shape index (κ1) is 21.7. The predicted molar refractivity (Wildman–Crippen MR) is 128 cm³/mol. The fourth-order valence-corrected chi connectivity index (χ4v) is 3.64. The molecule has 10 heteroatoms. The van der Waals surface area contributed by atoms with Crippen LogP contribution in [0.2, 0.25) is 0 Å². The topological polar surface area (TPSA) is 98.5 Å². The molecular weight excluding hydrogens is 496 g/mol. The molecule has 8 nitrogen and oxygen atoms in total. The first-order valence-electron chi connectivity index (χ1n) is 9.33. The molecule has 2 N–H and O–H groups in total. The van der Waals surface area contributed by atoms with E-state index in [1.165, 1.54) is 14.2 Å². The first-order chi connectivity index (χ1) is 15.5. The third-order valence-corrected chi connectivity index (χ3v) is 5.12. The lowest BCUT2D eigenvalue weighted by atomic mass is 10.1. The minimum atomic E-state index is -0.455. The Morgan fingerprint density at radius 2 is 1.84 bits per heavy atom. The Morgan fingerprint density at radius 3 is 2.53 bits per heavy atom. The van der Waals surface area contributed by atoms with Gasteiger partial charge in [0.1, 0.15) is 22.6 Å². The van der Waals surface area contributed by atoms with Gasteiger partial charge in [0.15, 0.2) is 10.7 Å². The number of halogens is 1. The van der Waals surface area contributed by atoms with E-state index in [0.717, 1.165) is 10.0 Å². The molecule has 0 fully saturated rings. The lowest BCUT2D eigenvalue weighted by molar-refractivity contribution is 0.0971. The van der Waals surface area contributed by atoms with Crippen LogP contribution in [-0.2, 0) is 0 Å². The van der Waals surface area contributed by atoms with Crippen molar-refractivity contribution in [1.29, 1.82) is 0 Å². The maximum absolute atomic E-state index is 12.8. The van der Waals surface area contributed by atoms with Crippen LogP contribution in [0.3, 0.4) is 0 Å². The van der Waals surface area contributed by atoms with Gasteiger partial charge in [-0.1, -0.05) is 6.07 Å². The smallest absolute Gasteiger partial charge is 0.264 e. The summed E-state index contributed by atoms with van der Waals surface area (Å²) in [5, 5.41) is 5.74. The summed E-state index contributed by atoms with van der Waals surface area (Å²) in [4.78, 5) is 21.4. The van der Waals surface area contributed by atoms with Gasteiger partial charge in [-0.25, -0.2) is 4.98 Å². The van der Waals surface area contributed by atoms with Crippen molar-refractivity contribution in [2.45, 2.75) is 0 Å². The van der Waals surface area contributed by atoms with Crippen molar-refractivity contribution in [2.75, 3.05) is 19.5 Å². The number of fused-ring (bicyclic) bond motifs is 1. The molecule has 2 aromatic carbocycles. The number of nitrogens with one attached hydrogen (secondary N) is 2. The second-order valence-corrected chi connectivity index (χ2v) is 7.86. The maximum atomic E-state index is 12.8. The summed E-state index contributed by atoms with van der Waals surface area (Å²) in [6.07, 6.45) is 3.36. The molecule has 32 heavy (non-hydrogen) atoms. The molecule has 0 aliphatic carbocycles. The molecule has 0 atom stereocenters. The zero-order valence-corrected chi connectivity index (χ0v) is 19.4. The summed E-state index contributed by atoms with van der Waals surface area (Å²) in [6, 6.07) is 12.3.